The fourth-order valence-corrected chi connectivity index (χ4v) is 4.69. The number of alkyl halides is 2. The first-order valence-corrected chi connectivity index (χ1v) is 9.03. The molecule has 0 amide bonds. The molecule has 0 bridgehead atoms. The van der Waals surface area contributed by atoms with E-state index in [1.807, 2.05) is 0 Å². The molecule has 1 aliphatic rings. The fourth-order valence-electron chi connectivity index (χ4n) is 2.99. The lowest BCUT2D eigenvalue weighted by Crippen LogP contribution is -2.37. The van der Waals surface area contributed by atoms with E-state index in [1.54, 1.807) is 20.8 Å². The number of sulfonamides is 1. The molecule has 1 N–H and O–H groups in total. The van der Waals surface area contributed by atoms with Gasteiger partial charge in [0.15, 0.2) is 0 Å². The van der Waals surface area contributed by atoms with Crippen LogP contribution in [0.5, 0.6) is 0 Å². The first-order chi connectivity index (χ1) is 10.1. The van der Waals surface area contributed by atoms with Gasteiger partial charge in [-0.1, -0.05) is 5.16 Å². The van der Waals surface area contributed by atoms with E-state index in [-0.39, 0.29) is 31.1 Å². The molecule has 1 aromatic rings. The van der Waals surface area contributed by atoms with Gasteiger partial charge in [0.1, 0.15) is 5.76 Å². The number of rotatable bonds is 6. The second kappa shape index (κ2) is 6.23. The Hall–Kier alpha value is -1.02. The highest BCUT2D eigenvalue weighted by Crippen LogP contribution is 2.39. The highest BCUT2D eigenvalue weighted by atomic mass is 32.2. The van der Waals surface area contributed by atoms with Gasteiger partial charge in [-0.05, 0) is 39.5 Å². The Morgan fingerprint density at radius 1 is 1.45 bits per heavy atom. The predicted octanol–water partition coefficient (Wildman–Crippen LogP) is 2.58. The first-order valence-electron chi connectivity index (χ1n) is 7.37. The largest absolute Gasteiger partial charge is 0.361 e. The molecule has 0 radical (unpaired) electrons. The molecule has 22 heavy (non-hydrogen) atoms. The summed E-state index contributed by atoms with van der Waals surface area (Å²) in [6.07, 6.45) is 0.154. The summed E-state index contributed by atoms with van der Waals surface area (Å²) in [7, 11) is -3.58. The maximum Gasteiger partial charge on any atom is 0.248 e. The Morgan fingerprint density at radius 2 is 2.14 bits per heavy atom. The summed E-state index contributed by atoms with van der Waals surface area (Å²) in [5, 5.41) is 3.83. The van der Waals surface area contributed by atoms with Gasteiger partial charge >= 0.3 is 0 Å². The lowest BCUT2D eigenvalue weighted by Gasteiger charge is -2.16. The van der Waals surface area contributed by atoms with Crippen molar-refractivity contribution < 1.29 is 21.7 Å². The fraction of sp³-hybridized carbons (Fsp3) is 0.786. The van der Waals surface area contributed by atoms with Crippen LogP contribution in [0.4, 0.5) is 8.78 Å². The zero-order chi connectivity index (χ0) is 16.5. The molecule has 126 valence electrons. The molecular formula is C14H22F2N2O3S. The van der Waals surface area contributed by atoms with Crippen molar-refractivity contribution in [2.24, 2.45) is 5.92 Å². The number of aromatic nitrogens is 1. The summed E-state index contributed by atoms with van der Waals surface area (Å²) in [5.41, 5.74) is 1.61. The molecule has 1 fully saturated rings. The number of hydrogen-bond acceptors (Lipinski definition) is 4. The molecule has 2 unspecified atom stereocenters. The predicted molar refractivity (Wildman–Crippen MR) is 78.4 cm³/mol. The van der Waals surface area contributed by atoms with Crippen LogP contribution in [0.25, 0.3) is 0 Å². The molecule has 8 heteroatoms. The van der Waals surface area contributed by atoms with E-state index in [1.165, 1.54) is 0 Å². The number of nitrogens with one attached hydrogen (secondary N) is 1. The Balaban J connectivity index is 1.91. The number of aryl methyl sites for hydroxylation is 2. The maximum absolute atomic E-state index is 13.1. The van der Waals surface area contributed by atoms with Crippen LogP contribution in [0.2, 0.25) is 0 Å². The van der Waals surface area contributed by atoms with Crippen LogP contribution in [0.15, 0.2) is 4.52 Å². The van der Waals surface area contributed by atoms with Crippen LogP contribution in [0.1, 0.15) is 43.2 Å². The molecule has 0 spiro atoms. The van der Waals surface area contributed by atoms with Gasteiger partial charge in [0.25, 0.3) is 0 Å². The van der Waals surface area contributed by atoms with Crippen molar-refractivity contribution in [1.29, 1.82) is 0 Å². The summed E-state index contributed by atoms with van der Waals surface area (Å²) in [5.74, 6) is -2.77. The minimum atomic E-state index is -3.58. The van der Waals surface area contributed by atoms with Gasteiger partial charge in [0.2, 0.25) is 15.9 Å². The Kier molecular flexibility index (Phi) is 4.91. The van der Waals surface area contributed by atoms with Crippen molar-refractivity contribution in [1.82, 2.24) is 9.88 Å². The minimum Gasteiger partial charge on any atom is -0.361 e. The SMILES string of the molecule is Cc1noc(C)c1CC(C)NS(=O)(=O)CC1CCC(F)(F)C1. The van der Waals surface area contributed by atoms with E-state index in [0.29, 0.717) is 12.2 Å². The third-order valence-corrected chi connectivity index (χ3v) is 5.70. The number of halogens is 2. The standard InChI is InChI=1S/C14H22F2N2O3S/c1-9(6-13-10(2)17-21-11(13)3)18-22(19,20)8-12-4-5-14(15,16)7-12/h9,12,18H,4-8H2,1-3H3. The molecule has 1 heterocycles. The third kappa shape index (κ3) is 4.49. The topological polar surface area (TPSA) is 72.2 Å². The smallest absolute Gasteiger partial charge is 0.248 e. The summed E-state index contributed by atoms with van der Waals surface area (Å²) >= 11 is 0. The third-order valence-electron chi connectivity index (χ3n) is 4.03. The van der Waals surface area contributed by atoms with E-state index in [4.69, 9.17) is 4.52 Å². The molecule has 0 aromatic carbocycles. The molecule has 1 saturated carbocycles. The number of hydrogen-bond donors (Lipinski definition) is 1. The highest BCUT2D eigenvalue weighted by Gasteiger charge is 2.41. The van der Waals surface area contributed by atoms with Crippen LogP contribution in [0.3, 0.4) is 0 Å². The minimum absolute atomic E-state index is 0.220. The zero-order valence-electron chi connectivity index (χ0n) is 13.0. The quantitative estimate of drug-likeness (QED) is 0.866. The van der Waals surface area contributed by atoms with Gasteiger partial charge in [-0.15, -0.1) is 0 Å². The van der Waals surface area contributed by atoms with Crippen molar-refractivity contribution >= 4 is 10.0 Å². The van der Waals surface area contributed by atoms with E-state index in [9.17, 15) is 17.2 Å². The van der Waals surface area contributed by atoms with Gasteiger partial charge in [0, 0.05) is 24.4 Å². The molecule has 1 aliphatic carbocycles. The van der Waals surface area contributed by atoms with Gasteiger partial charge < -0.3 is 4.52 Å². The van der Waals surface area contributed by atoms with Crippen molar-refractivity contribution in [2.75, 3.05) is 5.75 Å². The van der Waals surface area contributed by atoms with Crippen LogP contribution in [0, 0.1) is 19.8 Å². The molecule has 0 saturated heterocycles. The van der Waals surface area contributed by atoms with Crippen molar-refractivity contribution in [3.8, 4) is 0 Å². The van der Waals surface area contributed by atoms with Crippen molar-refractivity contribution in [3.63, 3.8) is 0 Å². The average molecular weight is 336 g/mol. The second-order valence-electron chi connectivity index (χ2n) is 6.27. The summed E-state index contributed by atoms with van der Waals surface area (Å²) in [6, 6.07) is -0.344. The normalized spacial score (nSPS) is 22.9. The van der Waals surface area contributed by atoms with E-state index in [2.05, 4.69) is 9.88 Å². The number of nitrogens with zero attached hydrogens (tertiary/aromatic N) is 1. The second-order valence-corrected chi connectivity index (χ2v) is 8.07. The van der Waals surface area contributed by atoms with Crippen LogP contribution < -0.4 is 4.72 Å². The zero-order valence-corrected chi connectivity index (χ0v) is 13.8. The summed E-state index contributed by atoms with van der Waals surface area (Å²) in [6.45, 7) is 5.32. The van der Waals surface area contributed by atoms with Crippen molar-refractivity contribution in [3.05, 3.63) is 17.0 Å². The van der Waals surface area contributed by atoms with E-state index in [0.717, 1.165) is 11.3 Å². The maximum atomic E-state index is 13.1. The van der Waals surface area contributed by atoms with Crippen LogP contribution >= 0.6 is 0 Å². The lowest BCUT2D eigenvalue weighted by atomic mass is 10.1. The Morgan fingerprint density at radius 3 is 2.64 bits per heavy atom. The summed E-state index contributed by atoms with van der Waals surface area (Å²) < 4.78 is 58.1. The molecule has 5 nitrogen and oxygen atoms in total. The van der Waals surface area contributed by atoms with Crippen molar-refractivity contribution in [2.45, 2.75) is 58.4 Å². The molecule has 2 rings (SSSR count). The first kappa shape index (κ1) is 17.3. The Bertz CT molecular complexity index is 609. The Labute approximate surface area is 129 Å². The van der Waals surface area contributed by atoms with E-state index < -0.39 is 21.9 Å². The molecular weight excluding hydrogens is 314 g/mol. The van der Waals surface area contributed by atoms with Crippen LogP contribution in [-0.2, 0) is 16.4 Å². The summed E-state index contributed by atoms with van der Waals surface area (Å²) in [4.78, 5) is 0. The van der Waals surface area contributed by atoms with Gasteiger partial charge in [-0.2, -0.15) is 0 Å². The van der Waals surface area contributed by atoms with Crippen LogP contribution in [-0.4, -0.2) is 31.3 Å². The van der Waals surface area contributed by atoms with Gasteiger partial charge in [-0.3, -0.25) is 0 Å². The molecule has 2 atom stereocenters. The van der Waals surface area contributed by atoms with Gasteiger partial charge in [-0.25, -0.2) is 21.9 Å². The lowest BCUT2D eigenvalue weighted by molar-refractivity contribution is 0.00592. The molecule has 0 aliphatic heterocycles. The van der Waals surface area contributed by atoms with Gasteiger partial charge in [0.05, 0.1) is 11.4 Å². The highest BCUT2D eigenvalue weighted by molar-refractivity contribution is 7.89. The van der Waals surface area contributed by atoms with E-state index >= 15 is 0 Å². The monoisotopic (exact) mass is 336 g/mol. The molecule has 1 aromatic heterocycles. The average Bonchev–Trinajstić information content (AvgIpc) is 2.84.